The average Bonchev–Trinajstić information content (AvgIpc) is 2.97. The summed E-state index contributed by atoms with van der Waals surface area (Å²) in [4.78, 5) is 43.3. The van der Waals surface area contributed by atoms with Crippen LogP contribution in [0.15, 0.2) is 12.4 Å². The zero-order valence-electron chi connectivity index (χ0n) is 12.1. The normalized spacial score (nSPS) is 17.0. The van der Waals surface area contributed by atoms with Gasteiger partial charge < -0.3 is 15.6 Å². The van der Waals surface area contributed by atoms with E-state index in [9.17, 15) is 14.4 Å². The van der Waals surface area contributed by atoms with Crippen LogP contribution < -0.4 is 10.6 Å². The van der Waals surface area contributed by atoms with E-state index < -0.39 is 11.6 Å². The first kappa shape index (κ1) is 15.0. The molecule has 3 N–H and O–H groups in total. The highest BCUT2D eigenvalue weighted by Gasteiger charge is 2.43. The maximum atomic E-state index is 11.9. The molecule has 2 heterocycles. The smallest absolute Gasteiger partial charge is 0.325 e. The predicted octanol–water partition coefficient (Wildman–Crippen LogP) is -0.211. The molecule has 1 aliphatic rings. The van der Waals surface area contributed by atoms with Gasteiger partial charge in [-0.3, -0.25) is 14.5 Å². The monoisotopic (exact) mass is 293 g/mol. The molecule has 0 aromatic carbocycles. The van der Waals surface area contributed by atoms with Crippen molar-refractivity contribution in [1.29, 1.82) is 0 Å². The average molecular weight is 293 g/mol. The van der Waals surface area contributed by atoms with E-state index in [0.29, 0.717) is 13.0 Å². The molecule has 0 unspecified atom stereocenters. The Morgan fingerprint density at radius 2 is 2.19 bits per heavy atom. The van der Waals surface area contributed by atoms with Gasteiger partial charge >= 0.3 is 6.03 Å². The molecule has 4 amide bonds. The number of hydrogen-bond acceptors (Lipinski definition) is 4. The van der Waals surface area contributed by atoms with Crippen molar-refractivity contribution in [2.24, 2.45) is 0 Å². The summed E-state index contributed by atoms with van der Waals surface area (Å²) in [5.41, 5.74) is -0.896. The van der Waals surface area contributed by atoms with Gasteiger partial charge in [0.15, 0.2) is 0 Å². The molecule has 114 valence electrons. The number of carbonyl (C=O) groups is 3. The summed E-state index contributed by atoms with van der Waals surface area (Å²) in [6.07, 6.45) is 4.06. The van der Waals surface area contributed by atoms with Crippen LogP contribution in [-0.2, 0) is 16.0 Å². The van der Waals surface area contributed by atoms with Gasteiger partial charge in [-0.1, -0.05) is 0 Å². The van der Waals surface area contributed by atoms with E-state index in [2.05, 4.69) is 20.6 Å². The van der Waals surface area contributed by atoms with E-state index in [1.807, 2.05) is 0 Å². The van der Waals surface area contributed by atoms with Crippen molar-refractivity contribution in [2.45, 2.75) is 32.2 Å². The molecule has 1 aromatic rings. The molecule has 1 aromatic heterocycles. The lowest BCUT2D eigenvalue weighted by Gasteiger charge is -2.15. The summed E-state index contributed by atoms with van der Waals surface area (Å²) in [7, 11) is 0. The summed E-state index contributed by atoms with van der Waals surface area (Å²) < 4.78 is 0. The highest BCUT2D eigenvalue weighted by Crippen LogP contribution is 2.16. The lowest BCUT2D eigenvalue weighted by Crippen LogP contribution is -2.40. The SMILES string of the molecule is CC1(C)NC(=O)N(CCC(=O)NCCc2ncc[nH]2)C1=O. The number of H-pyrrole nitrogens is 1. The molecule has 0 bridgehead atoms. The van der Waals surface area contributed by atoms with Crippen LogP contribution in [0.25, 0.3) is 0 Å². The number of carbonyl (C=O) groups excluding carboxylic acids is 3. The number of nitrogens with zero attached hydrogens (tertiary/aromatic N) is 2. The summed E-state index contributed by atoms with van der Waals surface area (Å²) in [5.74, 6) is 0.286. The van der Waals surface area contributed by atoms with E-state index in [0.717, 1.165) is 10.7 Å². The van der Waals surface area contributed by atoms with Crippen LogP contribution >= 0.6 is 0 Å². The van der Waals surface area contributed by atoms with Crippen LogP contribution in [-0.4, -0.2) is 51.3 Å². The number of imidazole rings is 1. The van der Waals surface area contributed by atoms with Crippen LogP contribution in [0.3, 0.4) is 0 Å². The van der Waals surface area contributed by atoms with Crippen LogP contribution in [0.2, 0.25) is 0 Å². The second-order valence-corrected chi connectivity index (χ2v) is 5.40. The van der Waals surface area contributed by atoms with Crippen LogP contribution in [0.4, 0.5) is 4.79 Å². The number of imide groups is 1. The summed E-state index contributed by atoms with van der Waals surface area (Å²) in [6.45, 7) is 3.81. The van der Waals surface area contributed by atoms with Crippen molar-refractivity contribution in [3.8, 4) is 0 Å². The third-order valence-corrected chi connectivity index (χ3v) is 3.25. The number of urea groups is 1. The molecule has 0 radical (unpaired) electrons. The lowest BCUT2D eigenvalue weighted by molar-refractivity contribution is -0.130. The van der Waals surface area contributed by atoms with E-state index in [-0.39, 0.29) is 24.8 Å². The quantitative estimate of drug-likeness (QED) is 0.631. The number of aromatic nitrogens is 2. The zero-order chi connectivity index (χ0) is 15.5. The molecular formula is C13H19N5O3. The molecule has 21 heavy (non-hydrogen) atoms. The molecule has 0 atom stereocenters. The van der Waals surface area contributed by atoms with Gasteiger partial charge in [0.1, 0.15) is 11.4 Å². The molecule has 2 rings (SSSR count). The summed E-state index contributed by atoms with van der Waals surface area (Å²) >= 11 is 0. The van der Waals surface area contributed by atoms with E-state index in [4.69, 9.17) is 0 Å². The van der Waals surface area contributed by atoms with Gasteiger partial charge in [0.25, 0.3) is 5.91 Å². The first-order chi connectivity index (χ1) is 9.90. The molecule has 0 spiro atoms. The topological polar surface area (TPSA) is 107 Å². The molecule has 1 aliphatic heterocycles. The van der Waals surface area contributed by atoms with Crippen molar-refractivity contribution in [3.05, 3.63) is 18.2 Å². The van der Waals surface area contributed by atoms with Gasteiger partial charge in [-0.25, -0.2) is 9.78 Å². The van der Waals surface area contributed by atoms with Crippen molar-refractivity contribution in [3.63, 3.8) is 0 Å². The minimum Gasteiger partial charge on any atom is -0.356 e. The number of rotatable bonds is 6. The molecule has 0 aliphatic carbocycles. The Balaban J connectivity index is 1.72. The van der Waals surface area contributed by atoms with Crippen molar-refractivity contribution in [2.75, 3.05) is 13.1 Å². The second kappa shape index (κ2) is 5.94. The van der Waals surface area contributed by atoms with E-state index >= 15 is 0 Å². The van der Waals surface area contributed by atoms with Gasteiger partial charge in [-0.2, -0.15) is 0 Å². The Kier molecular flexibility index (Phi) is 4.25. The molecule has 1 saturated heterocycles. The van der Waals surface area contributed by atoms with Crippen LogP contribution in [0.1, 0.15) is 26.1 Å². The van der Waals surface area contributed by atoms with Gasteiger partial charge in [0.05, 0.1) is 0 Å². The molecule has 0 saturated carbocycles. The third-order valence-electron chi connectivity index (χ3n) is 3.25. The summed E-state index contributed by atoms with van der Waals surface area (Å²) in [6, 6.07) is -0.451. The first-order valence-corrected chi connectivity index (χ1v) is 6.79. The van der Waals surface area contributed by atoms with Crippen LogP contribution in [0, 0.1) is 0 Å². The molecule has 8 heteroatoms. The molecule has 8 nitrogen and oxygen atoms in total. The van der Waals surface area contributed by atoms with E-state index in [1.165, 1.54) is 0 Å². The Morgan fingerprint density at radius 1 is 1.43 bits per heavy atom. The van der Waals surface area contributed by atoms with Gasteiger partial charge in [0, 0.05) is 38.3 Å². The minimum absolute atomic E-state index is 0.0840. The van der Waals surface area contributed by atoms with Crippen molar-refractivity contribution < 1.29 is 14.4 Å². The molecular weight excluding hydrogens is 274 g/mol. The Morgan fingerprint density at radius 3 is 2.76 bits per heavy atom. The minimum atomic E-state index is -0.896. The highest BCUT2D eigenvalue weighted by atomic mass is 16.2. The fraction of sp³-hybridized carbons (Fsp3) is 0.538. The lowest BCUT2D eigenvalue weighted by atomic mass is 10.1. The predicted molar refractivity (Wildman–Crippen MR) is 74.2 cm³/mol. The maximum Gasteiger partial charge on any atom is 0.325 e. The second-order valence-electron chi connectivity index (χ2n) is 5.40. The number of hydrogen-bond donors (Lipinski definition) is 3. The standard InChI is InChI=1S/C13H19N5O3/c1-13(2)11(20)18(12(21)17-13)8-4-10(19)16-5-3-9-14-6-7-15-9/h6-7H,3-5,8H2,1-2H3,(H,14,15)(H,16,19)(H,17,21). The fourth-order valence-corrected chi connectivity index (χ4v) is 2.08. The Labute approximate surface area is 122 Å². The third kappa shape index (κ3) is 3.59. The van der Waals surface area contributed by atoms with Crippen LogP contribution in [0.5, 0.6) is 0 Å². The largest absolute Gasteiger partial charge is 0.356 e. The fourth-order valence-electron chi connectivity index (χ4n) is 2.08. The number of nitrogens with one attached hydrogen (secondary N) is 3. The number of aromatic amines is 1. The maximum absolute atomic E-state index is 11.9. The Hall–Kier alpha value is -2.38. The van der Waals surface area contributed by atoms with Gasteiger partial charge in [-0.15, -0.1) is 0 Å². The zero-order valence-corrected chi connectivity index (χ0v) is 12.1. The first-order valence-electron chi connectivity index (χ1n) is 6.79. The number of amides is 4. The highest BCUT2D eigenvalue weighted by molar-refractivity contribution is 6.06. The van der Waals surface area contributed by atoms with Crippen molar-refractivity contribution in [1.82, 2.24) is 25.5 Å². The van der Waals surface area contributed by atoms with Gasteiger partial charge in [-0.05, 0) is 13.8 Å². The Bertz CT molecular complexity index is 538. The van der Waals surface area contributed by atoms with E-state index in [1.54, 1.807) is 26.2 Å². The van der Waals surface area contributed by atoms with Gasteiger partial charge in [0.2, 0.25) is 5.91 Å². The van der Waals surface area contributed by atoms with Crippen molar-refractivity contribution >= 4 is 17.8 Å². The summed E-state index contributed by atoms with van der Waals surface area (Å²) in [5, 5.41) is 5.30. The molecule has 1 fully saturated rings.